The normalized spacial score (nSPS) is 10.5. The predicted octanol–water partition coefficient (Wildman–Crippen LogP) is 1.41. The summed E-state index contributed by atoms with van der Waals surface area (Å²) in [4.78, 5) is 15.8. The van der Waals surface area contributed by atoms with Gasteiger partial charge in [0.2, 0.25) is 5.89 Å². The van der Waals surface area contributed by atoms with Gasteiger partial charge in [0, 0.05) is 24.6 Å². The lowest BCUT2D eigenvalue weighted by Crippen LogP contribution is -2.25. The first-order chi connectivity index (χ1) is 8.06. The fourth-order valence-corrected chi connectivity index (χ4v) is 1.94. The van der Waals surface area contributed by atoms with Crippen molar-refractivity contribution < 1.29 is 9.32 Å². The van der Waals surface area contributed by atoms with Crippen molar-refractivity contribution in [3.63, 3.8) is 0 Å². The molecule has 0 fully saturated rings. The number of amides is 1. The predicted molar refractivity (Wildman–Crippen MR) is 63.3 cm³/mol. The van der Waals surface area contributed by atoms with Crippen molar-refractivity contribution in [3.05, 3.63) is 34.1 Å². The molecular formula is C10H11BrN4O2. The Morgan fingerprint density at radius 2 is 2.41 bits per heavy atom. The minimum Gasteiger partial charge on any atom is -0.345 e. The van der Waals surface area contributed by atoms with E-state index in [1.54, 1.807) is 24.6 Å². The molecule has 1 N–H and O–H groups in total. The van der Waals surface area contributed by atoms with Crippen molar-refractivity contribution in [1.82, 2.24) is 20.0 Å². The molecule has 0 spiro atoms. The molecule has 0 aliphatic rings. The van der Waals surface area contributed by atoms with Crippen molar-refractivity contribution in [2.45, 2.75) is 13.5 Å². The van der Waals surface area contributed by atoms with Crippen LogP contribution in [0.3, 0.4) is 0 Å². The smallest absolute Gasteiger partial charge is 0.268 e. The number of nitrogens with zero attached hydrogens (tertiary/aromatic N) is 3. The summed E-state index contributed by atoms with van der Waals surface area (Å²) in [5.41, 5.74) is 0.567. The zero-order valence-electron chi connectivity index (χ0n) is 9.40. The summed E-state index contributed by atoms with van der Waals surface area (Å²) in [5, 5.41) is 6.41. The molecule has 0 aromatic carbocycles. The Labute approximate surface area is 106 Å². The Morgan fingerprint density at radius 3 is 2.94 bits per heavy atom. The molecule has 17 heavy (non-hydrogen) atoms. The van der Waals surface area contributed by atoms with E-state index in [2.05, 4.69) is 31.4 Å². The highest BCUT2D eigenvalue weighted by atomic mass is 79.9. The van der Waals surface area contributed by atoms with Crippen LogP contribution >= 0.6 is 15.9 Å². The number of rotatable bonds is 3. The molecule has 1 amide bonds. The fraction of sp³-hybridized carbons (Fsp3) is 0.300. The van der Waals surface area contributed by atoms with E-state index in [1.165, 1.54) is 0 Å². The third-order valence-corrected chi connectivity index (χ3v) is 2.61. The van der Waals surface area contributed by atoms with Gasteiger partial charge in [0.25, 0.3) is 5.91 Å². The van der Waals surface area contributed by atoms with Gasteiger partial charge in [0.15, 0.2) is 5.82 Å². The summed E-state index contributed by atoms with van der Waals surface area (Å²) in [6.45, 7) is 1.95. The number of hydrogen-bond donors (Lipinski definition) is 1. The van der Waals surface area contributed by atoms with Crippen molar-refractivity contribution in [1.29, 1.82) is 0 Å². The lowest BCUT2D eigenvalue weighted by molar-refractivity contribution is 0.0941. The molecule has 2 rings (SSSR count). The van der Waals surface area contributed by atoms with Crippen LogP contribution in [0.5, 0.6) is 0 Å². The molecule has 7 heteroatoms. The van der Waals surface area contributed by atoms with Crippen molar-refractivity contribution in [3.8, 4) is 0 Å². The summed E-state index contributed by atoms with van der Waals surface area (Å²) in [6.07, 6.45) is 1.81. The minimum absolute atomic E-state index is 0.180. The fourth-order valence-electron chi connectivity index (χ4n) is 1.41. The molecule has 6 nitrogen and oxygen atoms in total. The number of hydrogen-bond acceptors (Lipinski definition) is 4. The van der Waals surface area contributed by atoms with E-state index in [4.69, 9.17) is 4.52 Å². The maximum Gasteiger partial charge on any atom is 0.268 e. The van der Waals surface area contributed by atoms with E-state index in [9.17, 15) is 4.79 Å². The van der Waals surface area contributed by atoms with Gasteiger partial charge in [0.1, 0.15) is 5.69 Å². The number of nitrogens with one attached hydrogen (secondary N) is 1. The Morgan fingerprint density at radius 1 is 1.65 bits per heavy atom. The summed E-state index contributed by atoms with van der Waals surface area (Å²) in [5.74, 6) is 0.764. The molecular weight excluding hydrogens is 288 g/mol. The van der Waals surface area contributed by atoms with E-state index < -0.39 is 0 Å². The number of aryl methyl sites for hydroxylation is 2. The Balaban J connectivity index is 2.00. The van der Waals surface area contributed by atoms with Gasteiger partial charge in [-0.2, -0.15) is 4.98 Å². The number of carbonyl (C=O) groups is 1. The summed E-state index contributed by atoms with van der Waals surface area (Å²) in [6, 6.07) is 1.75. The molecule has 0 saturated carbocycles. The van der Waals surface area contributed by atoms with Gasteiger partial charge in [-0.1, -0.05) is 5.16 Å². The topological polar surface area (TPSA) is 73.0 Å². The lowest BCUT2D eigenvalue weighted by Gasteiger charge is -2.02. The standard InChI is InChI=1S/C10H11BrN4O2/c1-6-13-9(14-17-6)4-12-10(16)8-3-7(11)5-15(8)2/h3,5H,4H2,1-2H3,(H,12,16). The zero-order chi connectivity index (χ0) is 12.4. The van der Waals surface area contributed by atoms with Crippen LogP contribution in [0.25, 0.3) is 0 Å². The molecule has 90 valence electrons. The summed E-state index contributed by atoms with van der Waals surface area (Å²) >= 11 is 3.31. The average Bonchev–Trinajstić information content (AvgIpc) is 2.81. The van der Waals surface area contributed by atoms with Crippen molar-refractivity contribution >= 4 is 21.8 Å². The van der Waals surface area contributed by atoms with Gasteiger partial charge in [-0.15, -0.1) is 0 Å². The first kappa shape index (κ1) is 11.8. The molecule has 2 aromatic heterocycles. The lowest BCUT2D eigenvalue weighted by atomic mass is 10.4. The van der Waals surface area contributed by atoms with Crippen molar-refractivity contribution in [2.24, 2.45) is 7.05 Å². The van der Waals surface area contributed by atoms with E-state index in [0.29, 0.717) is 17.4 Å². The Hall–Kier alpha value is -1.63. The SMILES string of the molecule is Cc1nc(CNC(=O)c2cc(Br)cn2C)no1. The second-order valence-electron chi connectivity index (χ2n) is 3.57. The molecule has 2 heterocycles. The minimum atomic E-state index is -0.180. The van der Waals surface area contributed by atoms with Crippen LogP contribution in [-0.2, 0) is 13.6 Å². The van der Waals surface area contributed by atoms with Gasteiger partial charge < -0.3 is 14.4 Å². The van der Waals surface area contributed by atoms with Gasteiger partial charge in [-0.3, -0.25) is 4.79 Å². The zero-order valence-corrected chi connectivity index (χ0v) is 11.0. The maximum atomic E-state index is 11.8. The molecule has 0 atom stereocenters. The van der Waals surface area contributed by atoms with E-state index in [-0.39, 0.29) is 12.5 Å². The molecule has 0 saturated heterocycles. The van der Waals surface area contributed by atoms with Gasteiger partial charge in [-0.05, 0) is 22.0 Å². The second-order valence-corrected chi connectivity index (χ2v) is 4.48. The monoisotopic (exact) mass is 298 g/mol. The highest BCUT2D eigenvalue weighted by Crippen LogP contribution is 2.13. The van der Waals surface area contributed by atoms with Crippen molar-refractivity contribution in [2.75, 3.05) is 0 Å². The average molecular weight is 299 g/mol. The van der Waals surface area contributed by atoms with Crippen LogP contribution in [0.15, 0.2) is 21.3 Å². The second kappa shape index (κ2) is 4.70. The van der Waals surface area contributed by atoms with Crippen LogP contribution < -0.4 is 5.32 Å². The molecule has 0 radical (unpaired) electrons. The van der Waals surface area contributed by atoms with E-state index >= 15 is 0 Å². The number of halogens is 1. The van der Waals surface area contributed by atoms with Crippen LogP contribution in [0, 0.1) is 6.92 Å². The number of carbonyl (C=O) groups excluding carboxylic acids is 1. The molecule has 0 aliphatic heterocycles. The molecule has 0 aliphatic carbocycles. The van der Waals surface area contributed by atoms with E-state index in [1.807, 2.05) is 6.20 Å². The van der Waals surface area contributed by atoms with Crippen LogP contribution in [0.4, 0.5) is 0 Å². The quantitative estimate of drug-likeness (QED) is 0.930. The number of aromatic nitrogens is 3. The summed E-state index contributed by atoms with van der Waals surface area (Å²) < 4.78 is 7.40. The van der Waals surface area contributed by atoms with E-state index in [0.717, 1.165) is 4.47 Å². The third-order valence-electron chi connectivity index (χ3n) is 2.18. The molecule has 0 bridgehead atoms. The maximum absolute atomic E-state index is 11.8. The first-order valence-electron chi connectivity index (χ1n) is 4.95. The first-order valence-corrected chi connectivity index (χ1v) is 5.75. The van der Waals surface area contributed by atoms with Gasteiger partial charge in [-0.25, -0.2) is 0 Å². The van der Waals surface area contributed by atoms with Gasteiger partial charge in [0.05, 0.1) is 6.54 Å². The largest absolute Gasteiger partial charge is 0.345 e. The summed E-state index contributed by atoms with van der Waals surface area (Å²) in [7, 11) is 1.80. The highest BCUT2D eigenvalue weighted by molar-refractivity contribution is 9.10. The molecule has 2 aromatic rings. The van der Waals surface area contributed by atoms with Crippen LogP contribution in [0.2, 0.25) is 0 Å². The van der Waals surface area contributed by atoms with Gasteiger partial charge >= 0.3 is 0 Å². The molecule has 0 unspecified atom stereocenters. The third kappa shape index (κ3) is 2.73. The Bertz CT molecular complexity index is 546. The highest BCUT2D eigenvalue weighted by Gasteiger charge is 2.11. The van der Waals surface area contributed by atoms with Crippen LogP contribution in [-0.4, -0.2) is 20.6 Å². The Kier molecular flexibility index (Phi) is 3.28. The van der Waals surface area contributed by atoms with Crippen LogP contribution in [0.1, 0.15) is 22.2 Å².